The Morgan fingerprint density at radius 3 is 1.85 bits per heavy atom. The summed E-state index contributed by atoms with van der Waals surface area (Å²) in [7, 11) is -7.80. The third-order valence-corrected chi connectivity index (χ3v) is 13.3. The van der Waals surface area contributed by atoms with Crippen LogP contribution in [0.1, 0.15) is 53.8 Å². The lowest BCUT2D eigenvalue weighted by Crippen LogP contribution is -2.61. The van der Waals surface area contributed by atoms with Crippen molar-refractivity contribution in [1.29, 1.82) is 0 Å². The number of nitrogens with zero attached hydrogens (tertiary/aromatic N) is 3. The maximum absolute atomic E-state index is 15.7. The van der Waals surface area contributed by atoms with Gasteiger partial charge in [-0.3, -0.25) is 0 Å². The Kier molecular flexibility index (Phi) is 10.9. The smallest absolute Gasteiger partial charge is 0.401 e. The zero-order valence-corrected chi connectivity index (χ0v) is 34.0. The maximum Gasteiger partial charge on any atom is 0.456 e. The molecule has 0 fully saturated rings. The number of alkyl halides is 10. The topological polar surface area (TPSA) is 93.0 Å². The van der Waals surface area contributed by atoms with E-state index in [1.54, 1.807) is 6.92 Å². The van der Waals surface area contributed by atoms with Crippen LogP contribution in [0.3, 0.4) is 0 Å². The normalized spacial score (nSPS) is 20.1. The van der Waals surface area contributed by atoms with E-state index in [2.05, 4.69) is 14.7 Å². The van der Waals surface area contributed by atoms with Gasteiger partial charge in [-0.1, -0.05) is 29.8 Å². The van der Waals surface area contributed by atoms with Crippen LogP contribution in [-0.2, 0) is 38.5 Å². The minimum Gasteiger partial charge on any atom is -0.401 e. The van der Waals surface area contributed by atoms with E-state index in [1.165, 1.54) is 80.3 Å². The Morgan fingerprint density at radius 1 is 0.767 bits per heavy atom. The molecule has 5 aromatic rings. The van der Waals surface area contributed by atoms with Gasteiger partial charge in [0.25, 0.3) is 10.0 Å². The highest BCUT2D eigenvalue weighted by molar-refractivity contribution is 7.90. The fourth-order valence-corrected chi connectivity index (χ4v) is 11.1. The summed E-state index contributed by atoms with van der Waals surface area (Å²) in [6.45, 7) is 20.5. The van der Waals surface area contributed by atoms with Crippen molar-refractivity contribution in [2.24, 2.45) is 0 Å². The van der Waals surface area contributed by atoms with Crippen molar-refractivity contribution in [3.63, 3.8) is 0 Å². The second-order valence-electron chi connectivity index (χ2n) is 15.8. The van der Waals surface area contributed by atoms with E-state index >= 15 is 8.78 Å². The molecule has 8 nitrogen and oxygen atoms in total. The summed E-state index contributed by atoms with van der Waals surface area (Å²) in [5, 5.41) is 10.8. The van der Waals surface area contributed by atoms with Crippen LogP contribution >= 0.6 is 0 Å². The summed E-state index contributed by atoms with van der Waals surface area (Å²) in [5.41, 5.74) is -6.30. The number of aryl methyl sites for hydroxylation is 3. The van der Waals surface area contributed by atoms with E-state index in [1.807, 2.05) is 0 Å². The predicted octanol–water partition coefficient (Wildman–Crippen LogP) is 11.8. The summed E-state index contributed by atoms with van der Waals surface area (Å²) >= 11 is 0. The van der Waals surface area contributed by atoms with Gasteiger partial charge in [0.15, 0.2) is 30.9 Å². The number of hydrogen-bond acceptors (Lipinski definition) is 4. The lowest BCUT2D eigenvalue weighted by atomic mass is 9.78. The molecule has 3 aromatic carbocycles. The van der Waals surface area contributed by atoms with Gasteiger partial charge in [-0.2, -0.15) is 43.9 Å². The molecule has 2 aliphatic rings. The largest absolute Gasteiger partial charge is 0.456 e. The van der Waals surface area contributed by atoms with Crippen LogP contribution in [0.15, 0.2) is 65.6 Å². The Morgan fingerprint density at radius 2 is 1.30 bits per heavy atom. The maximum atomic E-state index is 15.7. The van der Waals surface area contributed by atoms with Crippen molar-refractivity contribution < 1.29 is 61.9 Å². The van der Waals surface area contributed by atoms with Crippen LogP contribution < -0.4 is 0 Å². The van der Waals surface area contributed by atoms with Crippen LogP contribution in [0.25, 0.3) is 31.5 Å². The fraction of sp³-hybridized carbons (Fsp3) is 0.400. The van der Waals surface area contributed by atoms with E-state index < -0.39 is 78.0 Å². The van der Waals surface area contributed by atoms with Crippen LogP contribution in [0.2, 0.25) is 19.6 Å². The monoisotopic (exact) mass is 886 g/mol. The number of rotatable bonds is 6. The molecule has 2 N–H and O–H groups in total. The highest BCUT2D eigenvalue weighted by Crippen LogP contribution is 2.59. The lowest BCUT2D eigenvalue weighted by molar-refractivity contribution is -0.349. The third kappa shape index (κ3) is 7.04. The minimum atomic E-state index is -6.02. The van der Waals surface area contributed by atoms with Crippen molar-refractivity contribution in [3.05, 3.63) is 112 Å². The highest BCUT2D eigenvalue weighted by Gasteiger charge is 2.74. The number of hydrogen-bond donors (Lipinski definition) is 2. The Bertz CT molecular complexity index is 2690. The molecule has 0 aliphatic heterocycles. The van der Waals surface area contributed by atoms with E-state index in [-0.39, 0.29) is 64.0 Å². The summed E-state index contributed by atoms with van der Waals surface area (Å²) in [6, 6.07) is 13.8. The Balaban J connectivity index is 0.000000224. The molecule has 2 atom stereocenters. The number of nitrogens with one attached hydrogen (secondary N) is 1. The summed E-state index contributed by atoms with van der Waals surface area (Å²) in [6.07, 6.45) is -13.1. The first-order valence-electron chi connectivity index (χ1n) is 18.3. The average Bonchev–Trinajstić information content (AvgIpc) is 3.71. The molecule has 0 radical (unpaired) electrons. The number of benzene rings is 3. The lowest BCUT2D eigenvalue weighted by Gasteiger charge is -2.47. The molecule has 60 heavy (non-hydrogen) atoms. The number of fused-ring (bicyclic) bond motifs is 6. The molecule has 0 spiro atoms. The number of aromatic nitrogens is 2. The molecule has 20 heteroatoms. The van der Waals surface area contributed by atoms with Crippen LogP contribution in [0, 0.1) is 20.1 Å². The highest BCUT2D eigenvalue weighted by atomic mass is 32.2. The molecular formula is C40H36F10N4O4SSi. The van der Waals surface area contributed by atoms with Crippen LogP contribution in [0.4, 0.5) is 55.3 Å². The third-order valence-electron chi connectivity index (χ3n) is 10.7. The van der Waals surface area contributed by atoms with Gasteiger partial charge >= 0.3 is 24.2 Å². The summed E-state index contributed by atoms with van der Waals surface area (Å²) in [4.78, 5) is 8.79. The molecular weight excluding hydrogens is 851 g/mol. The average molecular weight is 887 g/mol. The SMILES string of the molecule is [C-]#[N+]c1ccc2[nH]c3c(c2c1)CCCC3(O)C(F)(F)C(F)(F)F.[C-]#[N+]c1ccc2c(c1)c1c(n2S(=O)(=O)c2ccc(C)cc2)C(O[Si](C)(C)C)(C(F)(F)C(F)(F)F)CCC1. The van der Waals surface area contributed by atoms with E-state index in [0.29, 0.717) is 14.9 Å². The minimum absolute atomic E-state index is 0.00955. The second-order valence-corrected chi connectivity index (χ2v) is 22.0. The van der Waals surface area contributed by atoms with Gasteiger partial charge in [-0.05, 0) is 123 Å². The standard InChI is InChI=1S/C25H25F5N2O3SSi.C15H11F5N2O/c1-16-8-11-18(12-9-16)36(33,34)32-21-13-10-17(31-2)15-20(21)19-7-6-14-23(22(19)32,35-37(3,4)5)24(26,27)25(28,29)30;1-21-8-4-5-11-10(7-8)9-3-2-6-13(23,12(9)22-11)14(16,17)15(18,19)20/h8-13,15H,6-7,14H2,1,3-5H3;4-5,7,22-23H,2-3,6H2. The van der Waals surface area contributed by atoms with Crippen molar-refractivity contribution in [1.82, 2.24) is 8.96 Å². The van der Waals surface area contributed by atoms with Crippen molar-refractivity contribution >= 4 is 51.5 Å². The van der Waals surface area contributed by atoms with Gasteiger partial charge in [0.2, 0.25) is 0 Å². The van der Waals surface area contributed by atoms with Crippen molar-refractivity contribution in [2.45, 2.75) is 105 Å². The number of halogens is 10. The Labute approximate surface area is 338 Å². The molecule has 2 heterocycles. The molecule has 0 saturated heterocycles. The van der Waals surface area contributed by atoms with Gasteiger partial charge < -0.3 is 14.5 Å². The fourth-order valence-electron chi connectivity index (χ4n) is 8.07. The van der Waals surface area contributed by atoms with Gasteiger partial charge in [-0.15, -0.1) is 0 Å². The van der Waals surface area contributed by atoms with Crippen molar-refractivity contribution in [3.8, 4) is 0 Å². The molecule has 0 bridgehead atoms. The predicted molar refractivity (Wildman–Crippen MR) is 204 cm³/mol. The molecule has 0 amide bonds. The van der Waals surface area contributed by atoms with E-state index in [9.17, 15) is 48.6 Å². The number of H-pyrrole nitrogens is 1. The quantitative estimate of drug-likeness (QED) is 0.101. The zero-order chi connectivity index (χ0) is 44.6. The summed E-state index contributed by atoms with van der Waals surface area (Å²) in [5.74, 6) is -10.7. The molecule has 2 aromatic heterocycles. The van der Waals surface area contributed by atoms with Gasteiger partial charge in [0.1, 0.15) is 0 Å². The van der Waals surface area contributed by atoms with Gasteiger partial charge in [0, 0.05) is 5.52 Å². The van der Waals surface area contributed by atoms with Crippen LogP contribution in [0.5, 0.6) is 0 Å². The number of aromatic amines is 1. The first-order chi connectivity index (χ1) is 27.6. The second kappa shape index (κ2) is 14.6. The van der Waals surface area contributed by atoms with E-state index in [0.717, 1.165) is 5.56 Å². The molecule has 0 saturated carbocycles. The molecule has 2 unspecified atom stereocenters. The Hall–Kier alpha value is -4.89. The summed E-state index contributed by atoms with van der Waals surface area (Å²) < 4.78 is 174. The van der Waals surface area contributed by atoms with Crippen LogP contribution in [-0.4, -0.2) is 55.0 Å². The first-order valence-corrected chi connectivity index (χ1v) is 23.1. The van der Waals surface area contributed by atoms with Gasteiger partial charge in [-0.25, -0.2) is 22.1 Å². The molecule has 320 valence electrons. The van der Waals surface area contributed by atoms with Gasteiger partial charge in [0.05, 0.1) is 34.9 Å². The number of aliphatic hydroxyl groups is 1. The van der Waals surface area contributed by atoms with E-state index in [4.69, 9.17) is 17.6 Å². The zero-order valence-electron chi connectivity index (χ0n) is 32.2. The molecule has 7 rings (SSSR count). The molecule has 2 aliphatic carbocycles. The first kappa shape index (κ1) is 44.7. The van der Waals surface area contributed by atoms with Crippen molar-refractivity contribution in [2.75, 3.05) is 0 Å².